The zero-order valence-electron chi connectivity index (χ0n) is 11.2. The first-order chi connectivity index (χ1) is 8.74. The summed E-state index contributed by atoms with van der Waals surface area (Å²) >= 11 is 0. The summed E-state index contributed by atoms with van der Waals surface area (Å²) in [5, 5.41) is 3.00. The molecular formula is C15H23ClN2O. The largest absolute Gasteiger partial charge is 0.399 e. The summed E-state index contributed by atoms with van der Waals surface area (Å²) in [5.74, 6) is 0.832. The Morgan fingerprint density at radius 2 is 1.84 bits per heavy atom. The minimum absolute atomic E-state index is 0. The fourth-order valence-electron chi connectivity index (χ4n) is 2.58. The highest BCUT2D eigenvalue weighted by Gasteiger charge is 2.17. The second-order valence-electron chi connectivity index (χ2n) is 5.20. The van der Waals surface area contributed by atoms with Crippen LogP contribution < -0.4 is 11.1 Å². The number of nitrogen functional groups attached to an aromatic ring is 1. The topological polar surface area (TPSA) is 55.1 Å². The van der Waals surface area contributed by atoms with Gasteiger partial charge in [0.2, 0.25) is 5.91 Å². The molecule has 1 aliphatic carbocycles. The van der Waals surface area contributed by atoms with Crippen molar-refractivity contribution < 1.29 is 4.79 Å². The Bertz CT molecular complexity index is 386. The molecule has 0 heterocycles. The van der Waals surface area contributed by atoms with E-state index in [4.69, 9.17) is 5.73 Å². The van der Waals surface area contributed by atoms with Crippen LogP contribution in [0.5, 0.6) is 0 Å². The van der Waals surface area contributed by atoms with E-state index >= 15 is 0 Å². The Morgan fingerprint density at radius 1 is 1.21 bits per heavy atom. The van der Waals surface area contributed by atoms with Crippen LogP contribution in [0, 0.1) is 5.92 Å². The molecule has 19 heavy (non-hydrogen) atoms. The lowest BCUT2D eigenvalue weighted by Crippen LogP contribution is -2.27. The van der Waals surface area contributed by atoms with Crippen molar-refractivity contribution in [2.45, 2.75) is 38.5 Å². The number of halogens is 1. The predicted octanol–water partition coefficient (Wildman–Crippen LogP) is 2.93. The summed E-state index contributed by atoms with van der Waals surface area (Å²) in [4.78, 5) is 11.7. The summed E-state index contributed by atoms with van der Waals surface area (Å²) < 4.78 is 0. The third kappa shape index (κ3) is 5.52. The second kappa shape index (κ2) is 8.05. The third-order valence-corrected chi connectivity index (χ3v) is 3.66. The van der Waals surface area contributed by atoms with Gasteiger partial charge in [-0.1, -0.05) is 25.0 Å². The van der Waals surface area contributed by atoms with Crippen LogP contribution in [0.2, 0.25) is 0 Å². The molecule has 1 aromatic rings. The molecule has 0 atom stereocenters. The first-order valence-electron chi connectivity index (χ1n) is 6.85. The lowest BCUT2D eigenvalue weighted by atomic mass is 10.0. The number of hydrogen-bond acceptors (Lipinski definition) is 2. The Kier molecular flexibility index (Phi) is 6.71. The second-order valence-corrected chi connectivity index (χ2v) is 5.20. The fourth-order valence-corrected chi connectivity index (χ4v) is 2.58. The SMILES string of the molecule is Cl.Nc1ccc(CCNC(=O)CC2CCCC2)cc1. The van der Waals surface area contributed by atoms with Crippen molar-refractivity contribution in [1.82, 2.24) is 5.32 Å². The minimum Gasteiger partial charge on any atom is -0.399 e. The predicted molar refractivity (Wildman–Crippen MR) is 81.4 cm³/mol. The Hall–Kier alpha value is -1.22. The van der Waals surface area contributed by atoms with Gasteiger partial charge in [0.05, 0.1) is 0 Å². The molecule has 1 fully saturated rings. The number of nitrogens with two attached hydrogens (primary N) is 1. The summed E-state index contributed by atoms with van der Waals surface area (Å²) in [6.07, 6.45) is 6.63. The van der Waals surface area contributed by atoms with Gasteiger partial charge in [0.15, 0.2) is 0 Å². The molecule has 106 valence electrons. The molecule has 0 bridgehead atoms. The number of hydrogen-bond donors (Lipinski definition) is 2. The maximum absolute atomic E-state index is 11.7. The van der Waals surface area contributed by atoms with E-state index in [1.165, 1.54) is 31.2 Å². The summed E-state index contributed by atoms with van der Waals surface area (Å²) in [5.41, 5.74) is 7.62. The zero-order valence-corrected chi connectivity index (χ0v) is 12.0. The molecular weight excluding hydrogens is 260 g/mol. The Balaban J connectivity index is 0.00000180. The maximum atomic E-state index is 11.7. The van der Waals surface area contributed by atoms with Crippen molar-refractivity contribution in [3.63, 3.8) is 0 Å². The van der Waals surface area contributed by atoms with Crippen LogP contribution in [-0.4, -0.2) is 12.5 Å². The van der Waals surface area contributed by atoms with Gasteiger partial charge in [0.25, 0.3) is 0 Å². The average Bonchev–Trinajstić information content (AvgIpc) is 2.84. The summed E-state index contributed by atoms with van der Waals surface area (Å²) in [7, 11) is 0. The molecule has 0 saturated heterocycles. The molecule has 0 unspecified atom stereocenters. The highest BCUT2D eigenvalue weighted by Crippen LogP contribution is 2.27. The molecule has 1 aromatic carbocycles. The van der Waals surface area contributed by atoms with Crippen molar-refractivity contribution >= 4 is 24.0 Å². The minimum atomic E-state index is 0. The molecule has 1 amide bonds. The molecule has 4 heteroatoms. The third-order valence-electron chi connectivity index (χ3n) is 3.66. The van der Waals surface area contributed by atoms with Crippen molar-refractivity contribution in [1.29, 1.82) is 0 Å². The van der Waals surface area contributed by atoms with Gasteiger partial charge in [-0.2, -0.15) is 0 Å². The van der Waals surface area contributed by atoms with Crippen LogP contribution in [0.15, 0.2) is 24.3 Å². The van der Waals surface area contributed by atoms with Crippen molar-refractivity contribution in [2.75, 3.05) is 12.3 Å². The van der Waals surface area contributed by atoms with Crippen molar-refractivity contribution in [3.05, 3.63) is 29.8 Å². The van der Waals surface area contributed by atoms with Gasteiger partial charge in [-0.15, -0.1) is 12.4 Å². The van der Waals surface area contributed by atoms with Gasteiger partial charge in [-0.3, -0.25) is 4.79 Å². The van der Waals surface area contributed by atoms with Gasteiger partial charge >= 0.3 is 0 Å². The lowest BCUT2D eigenvalue weighted by molar-refractivity contribution is -0.121. The highest BCUT2D eigenvalue weighted by atomic mass is 35.5. The van der Waals surface area contributed by atoms with Gasteiger partial charge in [-0.05, 0) is 42.9 Å². The first-order valence-corrected chi connectivity index (χ1v) is 6.85. The van der Waals surface area contributed by atoms with Crippen molar-refractivity contribution in [3.8, 4) is 0 Å². The van der Waals surface area contributed by atoms with Crippen LogP contribution in [-0.2, 0) is 11.2 Å². The molecule has 0 spiro atoms. The monoisotopic (exact) mass is 282 g/mol. The van der Waals surface area contributed by atoms with E-state index in [9.17, 15) is 4.79 Å². The summed E-state index contributed by atoms with van der Waals surface area (Å²) in [6.45, 7) is 0.718. The van der Waals surface area contributed by atoms with E-state index in [2.05, 4.69) is 5.32 Å². The molecule has 1 aliphatic rings. The number of carbonyl (C=O) groups excluding carboxylic acids is 1. The van der Waals surface area contributed by atoms with Crippen LogP contribution in [0.4, 0.5) is 5.69 Å². The Labute approximate surface area is 121 Å². The normalized spacial score (nSPS) is 14.9. The first kappa shape index (κ1) is 15.8. The summed E-state index contributed by atoms with van der Waals surface area (Å²) in [6, 6.07) is 7.82. The van der Waals surface area contributed by atoms with E-state index in [1.54, 1.807) is 0 Å². The van der Waals surface area contributed by atoms with E-state index in [1.807, 2.05) is 24.3 Å². The molecule has 0 aromatic heterocycles. The maximum Gasteiger partial charge on any atom is 0.220 e. The number of rotatable bonds is 5. The highest BCUT2D eigenvalue weighted by molar-refractivity contribution is 5.85. The molecule has 3 nitrogen and oxygen atoms in total. The Morgan fingerprint density at radius 3 is 2.47 bits per heavy atom. The standard InChI is InChI=1S/C15H22N2O.ClH/c16-14-7-5-12(6-8-14)9-10-17-15(18)11-13-3-1-2-4-13;/h5-8,13H,1-4,9-11,16H2,(H,17,18);1H. The van der Waals surface area contributed by atoms with E-state index in [0.717, 1.165) is 18.7 Å². The van der Waals surface area contributed by atoms with Crippen LogP contribution in [0.1, 0.15) is 37.7 Å². The number of benzene rings is 1. The van der Waals surface area contributed by atoms with E-state index in [-0.39, 0.29) is 18.3 Å². The quantitative estimate of drug-likeness (QED) is 0.816. The zero-order chi connectivity index (χ0) is 12.8. The van der Waals surface area contributed by atoms with Gasteiger partial charge in [0.1, 0.15) is 0 Å². The molecule has 1 saturated carbocycles. The van der Waals surface area contributed by atoms with Crippen LogP contribution in [0.25, 0.3) is 0 Å². The number of anilines is 1. The van der Waals surface area contributed by atoms with Gasteiger partial charge in [0, 0.05) is 18.7 Å². The number of amides is 1. The fraction of sp³-hybridized carbons (Fsp3) is 0.533. The van der Waals surface area contributed by atoms with Gasteiger partial charge in [-0.25, -0.2) is 0 Å². The lowest BCUT2D eigenvalue weighted by Gasteiger charge is -2.09. The van der Waals surface area contributed by atoms with Crippen LogP contribution in [0.3, 0.4) is 0 Å². The van der Waals surface area contributed by atoms with Crippen LogP contribution >= 0.6 is 12.4 Å². The number of nitrogens with one attached hydrogen (secondary N) is 1. The smallest absolute Gasteiger partial charge is 0.220 e. The van der Waals surface area contributed by atoms with E-state index < -0.39 is 0 Å². The molecule has 0 aliphatic heterocycles. The van der Waals surface area contributed by atoms with E-state index in [0.29, 0.717) is 12.3 Å². The molecule has 3 N–H and O–H groups in total. The molecule has 2 rings (SSSR count). The van der Waals surface area contributed by atoms with Crippen molar-refractivity contribution in [2.24, 2.45) is 5.92 Å². The molecule has 0 radical (unpaired) electrons. The number of carbonyl (C=O) groups is 1. The average molecular weight is 283 g/mol. The van der Waals surface area contributed by atoms with Gasteiger partial charge < -0.3 is 11.1 Å².